The van der Waals surface area contributed by atoms with Crippen molar-refractivity contribution in [3.05, 3.63) is 40.8 Å². The summed E-state index contributed by atoms with van der Waals surface area (Å²) in [6.45, 7) is 3.64. The van der Waals surface area contributed by atoms with Gasteiger partial charge in [0.2, 0.25) is 12.4 Å². The van der Waals surface area contributed by atoms with E-state index in [2.05, 4.69) is 0 Å². The molecule has 2 aliphatic heterocycles. The predicted molar refractivity (Wildman–Crippen MR) is 88.0 cm³/mol. The highest BCUT2D eigenvalue weighted by Gasteiger charge is 2.58. The molecule has 0 saturated carbocycles. The van der Waals surface area contributed by atoms with E-state index in [9.17, 15) is 9.59 Å². The zero-order chi connectivity index (χ0) is 18.5. The van der Waals surface area contributed by atoms with Gasteiger partial charge in [0.1, 0.15) is 17.4 Å². The molecule has 26 heavy (non-hydrogen) atoms. The van der Waals surface area contributed by atoms with Gasteiger partial charge in [0, 0.05) is 24.6 Å². The highest BCUT2D eigenvalue weighted by Crippen LogP contribution is 2.38. The molecular weight excluding hydrogens is 344 g/mol. The van der Waals surface area contributed by atoms with Gasteiger partial charge in [-0.05, 0) is 32.0 Å². The van der Waals surface area contributed by atoms with Crippen LogP contribution in [0.3, 0.4) is 0 Å². The van der Waals surface area contributed by atoms with E-state index in [4.69, 9.17) is 28.1 Å². The van der Waals surface area contributed by atoms with E-state index in [0.717, 1.165) is 5.39 Å². The molecule has 1 aromatic carbocycles. The molecule has 0 amide bonds. The fourth-order valence-corrected chi connectivity index (χ4v) is 3.42. The molecule has 1 unspecified atom stereocenters. The highest BCUT2D eigenvalue weighted by molar-refractivity contribution is 5.77. The van der Waals surface area contributed by atoms with E-state index in [-0.39, 0.29) is 0 Å². The van der Waals surface area contributed by atoms with Crippen molar-refractivity contribution in [1.29, 1.82) is 0 Å². The Morgan fingerprint density at radius 1 is 1.04 bits per heavy atom. The summed E-state index contributed by atoms with van der Waals surface area (Å²) in [5.74, 6) is 0.408. The predicted octanol–water partition coefficient (Wildman–Crippen LogP) is 2.23. The third kappa shape index (κ3) is 2.81. The maximum absolute atomic E-state index is 11.6. The van der Waals surface area contributed by atoms with Crippen molar-refractivity contribution in [3.8, 4) is 5.75 Å². The molecular formula is C18H18O8. The van der Waals surface area contributed by atoms with Crippen LogP contribution in [0.1, 0.15) is 13.8 Å². The molecule has 2 aromatic rings. The summed E-state index contributed by atoms with van der Waals surface area (Å²) >= 11 is 0. The maximum atomic E-state index is 11.6. The molecule has 0 radical (unpaired) electrons. The van der Waals surface area contributed by atoms with Crippen LogP contribution >= 0.6 is 0 Å². The molecule has 8 nitrogen and oxygen atoms in total. The van der Waals surface area contributed by atoms with E-state index >= 15 is 0 Å². The SMILES string of the molecule is CO[C@@H]1[C@@H]2OC(=O)O[C@@H]2C(Oc2ccc3ccc(=O)oc3c2)OC1(C)C. The Hall–Kier alpha value is -2.58. The molecule has 0 aliphatic carbocycles. The van der Waals surface area contributed by atoms with E-state index < -0.39 is 42.0 Å². The number of rotatable bonds is 3. The lowest BCUT2D eigenvalue weighted by Gasteiger charge is -2.45. The van der Waals surface area contributed by atoms with E-state index in [1.54, 1.807) is 24.3 Å². The lowest BCUT2D eigenvalue weighted by molar-refractivity contribution is -0.282. The largest absolute Gasteiger partial charge is 0.509 e. The van der Waals surface area contributed by atoms with Crippen LogP contribution in [-0.4, -0.2) is 43.5 Å². The second kappa shape index (κ2) is 6.00. The number of carbonyl (C=O) groups excluding carboxylic acids is 1. The van der Waals surface area contributed by atoms with Gasteiger partial charge in [-0.3, -0.25) is 0 Å². The zero-order valence-electron chi connectivity index (χ0n) is 14.5. The van der Waals surface area contributed by atoms with Crippen molar-refractivity contribution >= 4 is 17.1 Å². The van der Waals surface area contributed by atoms with Gasteiger partial charge in [-0.2, -0.15) is 0 Å². The van der Waals surface area contributed by atoms with E-state index in [1.165, 1.54) is 13.2 Å². The van der Waals surface area contributed by atoms with Crippen LogP contribution in [0.25, 0.3) is 11.0 Å². The monoisotopic (exact) mass is 362 g/mol. The summed E-state index contributed by atoms with van der Waals surface area (Å²) in [7, 11) is 1.52. The Bertz CT molecular complexity index is 901. The van der Waals surface area contributed by atoms with Crippen LogP contribution in [0.5, 0.6) is 5.75 Å². The number of ether oxygens (including phenoxy) is 5. The minimum atomic E-state index is -0.902. The van der Waals surface area contributed by atoms with Crippen LogP contribution in [-0.2, 0) is 18.9 Å². The average Bonchev–Trinajstić information content (AvgIpc) is 2.95. The maximum Gasteiger partial charge on any atom is 0.509 e. The number of fused-ring (bicyclic) bond motifs is 2. The molecule has 0 N–H and O–H groups in total. The summed E-state index contributed by atoms with van der Waals surface area (Å²) < 4.78 is 33.0. The molecule has 0 bridgehead atoms. The lowest BCUT2D eigenvalue weighted by atomic mass is 9.89. The summed E-state index contributed by atoms with van der Waals surface area (Å²) in [5, 5.41) is 0.759. The Balaban J connectivity index is 1.64. The Kier molecular flexibility index (Phi) is 3.89. The zero-order valence-corrected chi connectivity index (χ0v) is 14.5. The number of hydrogen-bond acceptors (Lipinski definition) is 8. The summed E-state index contributed by atoms with van der Waals surface area (Å²) in [4.78, 5) is 23.0. The van der Waals surface area contributed by atoms with Gasteiger partial charge < -0.3 is 28.1 Å². The minimum Gasteiger partial charge on any atom is -0.461 e. The van der Waals surface area contributed by atoms with E-state index in [0.29, 0.717) is 11.3 Å². The number of benzene rings is 1. The van der Waals surface area contributed by atoms with Crippen molar-refractivity contribution in [2.75, 3.05) is 7.11 Å². The molecule has 3 heterocycles. The fraction of sp³-hybridized carbons (Fsp3) is 0.444. The first kappa shape index (κ1) is 16.9. The molecule has 2 saturated heterocycles. The standard InChI is InChI=1S/C18H18O8/c1-18(2)15(21-3)13-14(25-17(20)24-13)16(26-18)22-10-6-4-9-5-7-12(19)23-11(9)8-10/h4-8,13-16H,1-3H3/t13-,14+,15-,16?/m1/s1. The third-order valence-electron chi connectivity index (χ3n) is 4.56. The number of carbonyl (C=O) groups is 1. The first-order valence-electron chi connectivity index (χ1n) is 8.16. The van der Waals surface area contributed by atoms with Gasteiger partial charge >= 0.3 is 11.8 Å². The van der Waals surface area contributed by atoms with Crippen molar-refractivity contribution in [2.45, 2.75) is 44.1 Å². The second-order valence-electron chi connectivity index (χ2n) is 6.73. The summed E-state index contributed by atoms with van der Waals surface area (Å²) in [6.07, 6.45) is -3.63. The van der Waals surface area contributed by atoms with Crippen LogP contribution < -0.4 is 10.4 Å². The second-order valence-corrected chi connectivity index (χ2v) is 6.73. The number of hydrogen-bond donors (Lipinski definition) is 0. The lowest BCUT2D eigenvalue weighted by Crippen LogP contribution is -2.62. The van der Waals surface area contributed by atoms with Gasteiger partial charge in [-0.15, -0.1) is 0 Å². The minimum absolute atomic E-state index is 0.385. The normalized spacial score (nSPS) is 29.7. The molecule has 2 aliphatic rings. The highest BCUT2D eigenvalue weighted by atomic mass is 16.8. The van der Waals surface area contributed by atoms with Gasteiger partial charge in [-0.25, -0.2) is 9.59 Å². The molecule has 8 heteroatoms. The van der Waals surface area contributed by atoms with Crippen LogP contribution in [0.4, 0.5) is 4.79 Å². The van der Waals surface area contributed by atoms with Crippen LogP contribution in [0.2, 0.25) is 0 Å². The molecule has 0 spiro atoms. The van der Waals surface area contributed by atoms with Crippen LogP contribution in [0.15, 0.2) is 39.5 Å². The molecule has 2 fully saturated rings. The molecule has 1 aromatic heterocycles. The van der Waals surface area contributed by atoms with Gasteiger partial charge in [-0.1, -0.05) is 0 Å². The van der Waals surface area contributed by atoms with E-state index in [1.807, 2.05) is 13.8 Å². The third-order valence-corrected chi connectivity index (χ3v) is 4.56. The smallest absolute Gasteiger partial charge is 0.461 e. The van der Waals surface area contributed by atoms with Crippen molar-refractivity contribution in [3.63, 3.8) is 0 Å². The van der Waals surface area contributed by atoms with Crippen LogP contribution in [0, 0.1) is 0 Å². The first-order valence-corrected chi connectivity index (χ1v) is 8.16. The average molecular weight is 362 g/mol. The summed E-state index contributed by atoms with van der Waals surface area (Å²) in [5.41, 5.74) is -0.847. The molecule has 4 rings (SSSR count). The molecule has 138 valence electrons. The van der Waals surface area contributed by atoms with Crippen molar-refractivity contribution < 1.29 is 32.9 Å². The molecule has 4 atom stereocenters. The van der Waals surface area contributed by atoms with Crippen molar-refractivity contribution in [1.82, 2.24) is 0 Å². The Labute approximate surface area is 148 Å². The fourth-order valence-electron chi connectivity index (χ4n) is 3.42. The Morgan fingerprint density at radius 3 is 2.54 bits per heavy atom. The van der Waals surface area contributed by atoms with Gasteiger partial charge in [0.15, 0.2) is 6.10 Å². The number of methoxy groups -OCH3 is 1. The van der Waals surface area contributed by atoms with Gasteiger partial charge in [0.05, 0.1) is 5.60 Å². The van der Waals surface area contributed by atoms with Crippen molar-refractivity contribution in [2.24, 2.45) is 0 Å². The van der Waals surface area contributed by atoms with Gasteiger partial charge in [0.25, 0.3) is 0 Å². The quantitative estimate of drug-likeness (QED) is 0.606. The Morgan fingerprint density at radius 2 is 1.77 bits per heavy atom. The first-order chi connectivity index (χ1) is 12.4. The topological polar surface area (TPSA) is 93.4 Å². The summed E-state index contributed by atoms with van der Waals surface area (Å²) in [6, 6.07) is 8.07.